The number of rotatable bonds is 3. The molecule has 2 heterocycles. The molecule has 124 valence electrons. The predicted molar refractivity (Wildman–Crippen MR) is 92.9 cm³/mol. The summed E-state index contributed by atoms with van der Waals surface area (Å²) in [6.07, 6.45) is 1.02. The van der Waals surface area contributed by atoms with E-state index in [0.29, 0.717) is 12.1 Å². The third-order valence-electron chi connectivity index (χ3n) is 2.89. The number of ether oxygens (including phenoxy) is 1. The molecule has 7 heteroatoms. The van der Waals surface area contributed by atoms with Gasteiger partial charge in [-0.2, -0.15) is 4.39 Å². The lowest BCUT2D eigenvalue weighted by molar-refractivity contribution is 0.0287. The van der Waals surface area contributed by atoms with Crippen LogP contribution in [0.4, 0.5) is 9.18 Å². The van der Waals surface area contributed by atoms with E-state index in [0.717, 1.165) is 14.2 Å². The Bertz CT molecular complexity index is 712. The third kappa shape index (κ3) is 4.75. The number of carbonyl (C=O) groups excluding carboxylic acids is 1. The maximum absolute atomic E-state index is 13.8. The van der Waals surface area contributed by atoms with Crippen LogP contribution in [0.1, 0.15) is 25.6 Å². The van der Waals surface area contributed by atoms with Gasteiger partial charge in [0.2, 0.25) is 5.95 Å². The minimum absolute atomic E-state index is 0.389. The molecule has 0 saturated carbocycles. The quantitative estimate of drug-likeness (QED) is 0.674. The van der Waals surface area contributed by atoms with Gasteiger partial charge in [0.25, 0.3) is 0 Å². The van der Waals surface area contributed by atoms with Crippen LogP contribution < -0.4 is 0 Å². The fraction of sp³-hybridized carbons (Fsp3) is 0.375. The van der Waals surface area contributed by atoms with E-state index in [2.05, 4.69) is 20.9 Å². The molecule has 0 aliphatic heterocycles. The number of pyridine rings is 1. The van der Waals surface area contributed by atoms with Gasteiger partial charge in [-0.3, -0.25) is 0 Å². The summed E-state index contributed by atoms with van der Waals surface area (Å²) in [7, 11) is 1.67. The molecule has 1 amide bonds. The van der Waals surface area contributed by atoms with Crippen molar-refractivity contribution in [3.63, 3.8) is 0 Å². The number of thiophene rings is 1. The Morgan fingerprint density at radius 3 is 2.74 bits per heavy atom. The Labute approximate surface area is 147 Å². The Hall–Kier alpha value is -1.47. The van der Waals surface area contributed by atoms with Crippen LogP contribution in [0.5, 0.6) is 0 Å². The first-order valence-electron chi connectivity index (χ1n) is 7.00. The van der Waals surface area contributed by atoms with E-state index in [9.17, 15) is 9.18 Å². The summed E-state index contributed by atoms with van der Waals surface area (Å²) in [4.78, 5) is 18.1. The lowest BCUT2D eigenvalue weighted by Crippen LogP contribution is -2.33. The molecule has 0 aliphatic carbocycles. The molecule has 0 atom stereocenters. The first-order valence-corrected chi connectivity index (χ1v) is 8.61. The summed E-state index contributed by atoms with van der Waals surface area (Å²) in [5, 5.41) is 0. The van der Waals surface area contributed by atoms with Crippen LogP contribution in [0.15, 0.2) is 28.2 Å². The van der Waals surface area contributed by atoms with Gasteiger partial charge in [0, 0.05) is 29.2 Å². The molecule has 0 fully saturated rings. The van der Waals surface area contributed by atoms with Crippen LogP contribution in [0, 0.1) is 5.95 Å². The van der Waals surface area contributed by atoms with Crippen LogP contribution in [-0.4, -0.2) is 28.6 Å². The van der Waals surface area contributed by atoms with Crippen LogP contribution in [-0.2, 0) is 11.3 Å². The van der Waals surface area contributed by atoms with Crippen LogP contribution in [0.25, 0.3) is 11.1 Å². The molecule has 2 rings (SSSR count). The van der Waals surface area contributed by atoms with Gasteiger partial charge < -0.3 is 9.64 Å². The zero-order chi connectivity index (χ0) is 17.2. The van der Waals surface area contributed by atoms with Gasteiger partial charge in [-0.25, -0.2) is 9.78 Å². The first-order chi connectivity index (χ1) is 10.7. The number of halogens is 2. The Balaban J connectivity index is 2.16. The highest BCUT2D eigenvalue weighted by molar-refractivity contribution is 9.11. The van der Waals surface area contributed by atoms with E-state index in [1.807, 2.05) is 26.8 Å². The maximum atomic E-state index is 13.8. The summed E-state index contributed by atoms with van der Waals surface area (Å²) in [6.45, 7) is 5.86. The van der Waals surface area contributed by atoms with Crippen molar-refractivity contribution in [1.82, 2.24) is 9.88 Å². The Kier molecular flexibility index (Phi) is 5.41. The van der Waals surface area contributed by atoms with E-state index in [1.54, 1.807) is 19.2 Å². The summed E-state index contributed by atoms with van der Waals surface area (Å²) >= 11 is 4.91. The second-order valence-electron chi connectivity index (χ2n) is 6.08. The van der Waals surface area contributed by atoms with E-state index >= 15 is 0 Å². The van der Waals surface area contributed by atoms with Crippen molar-refractivity contribution in [2.75, 3.05) is 7.05 Å². The SMILES string of the molecule is CN(Cc1cc(-c2cccnc2F)c(Br)s1)C(=O)OC(C)(C)C. The van der Waals surface area contributed by atoms with Gasteiger partial charge in [0.15, 0.2) is 0 Å². The highest BCUT2D eigenvalue weighted by Gasteiger charge is 2.21. The fourth-order valence-corrected chi connectivity index (χ4v) is 3.80. The van der Waals surface area contributed by atoms with Crippen molar-refractivity contribution in [1.29, 1.82) is 0 Å². The van der Waals surface area contributed by atoms with Crippen molar-refractivity contribution >= 4 is 33.4 Å². The van der Waals surface area contributed by atoms with Gasteiger partial charge in [0.05, 0.1) is 10.3 Å². The molecule has 0 radical (unpaired) electrons. The molecule has 0 bridgehead atoms. The summed E-state index contributed by atoms with van der Waals surface area (Å²) in [6, 6.07) is 5.22. The first kappa shape index (κ1) is 17.9. The smallest absolute Gasteiger partial charge is 0.410 e. The van der Waals surface area contributed by atoms with Crippen LogP contribution in [0.2, 0.25) is 0 Å². The Morgan fingerprint density at radius 2 is 2.13 bits per heavy atom. The van der Waals surface area contributed by atoms with E-state index < -0.39 is 17.6 Å². The van der Waals surface area contributed by atoms with Crippen LogP contribution >= 0.6 is 27.3 Å². The molecule has 4 nitrogen and oxygen atoms in total. The second-order valence-corrected chi connectivity index (χ2v) is 8.53. The van der Waals surface area contributed by atoms with E-state index in [4.69, 9.17) is 4.74 Å². The average Bonchev–Trinajstić information content (AvgIpc) is 2.78. The third-order valence-corrected chi connectivity index (χ3v) is 4.71. The summed E-state index contributed by atoms with van der Waals surface area (Å²) in [5.74, 6) is -0.516. The number of carbonyl (C=O) groups is 1. The molecule has 0 aromatic carbocycles. The lowest BCUT2D eigenvalue weighted by atomic mass is 10.1. The fourth-order valence-electron chi connectivity index (χ4n) is 1.90. The molecule has 2 aromatic rings. The van der Waals surface area contributed by atoms with Gasteiger partial charge in [-0.05, 0) is 54.9 Å². The number of nitrogens with zero attached hydrogens (tertiary/aromatic N) is 2. The standard InChI is InChI=1S/C16H18BrFN2O2S/c1-16(2,3)22-15(21)20(4)9-10-8-12(13(17)23-10)11-6-5-7-19-14(11)18/h5-8H,9H2,1-4H3. The maximum Gasteiger partial charge on any atom is 0.410 e. The van der Waals surface area contributed by atoms with Crippen molar-refractivity contribution in [3.8, 4) is 11.1 Å². The van der Waals surface area contributed by atoms with Crippen LogP contribution in [0.3, 0.4) is 0 Å². The van der Waals surface area contributed by atoms with Crippen molar-refractivity contribution < 1.29 is 13.9 Å². The molecular formula is C16H18BrFN2O2S. The van der Waals surface area contributed by atoms with Gasteiger partial charge >= 0.3 is 6.09 Å². The molecule has 2 aromatic heterocycles. The number of aromatic nitrogens is 1. The molecule has 0 aliphatic rings. The highest BCUT2D eigenvalue weighted by atomic mass is 79.9. The summed E-state index contributed by atoms with van der Waals surface area (Å²) in [5.41, 5.74) is 0.626. The summed E-state index contributed by atoms with van der Waals surface area (Å²) < 4.78 is 20.0. The minimum Gasteiger partial charge on any atom is -0.444 e. The second kappa shape index (κ2) is 6.97. The van der Waals surface area contributed by atoms with Crippen molar-refractivity contribution in [2.45, 2.75) is 32.9 Å². The topological polar surface area (TPSA) is 42.4 Å². The monoisotopic (exact) mass is 400 g/mol. The molecule has 0 unspecified atom stereocenters. The largest absolute Gasteiger partial charge is 0.444 e. The normalized spacial score (nSPS) is 11.4. The molecule has 0 N–H and O–H groups in total. The number of hydrogen-bond acceptors (Lipinski definition) is 4. The molecule has 0 saturated heterocycles. The highest BCUT2D eigenvalue weighted by Crippen LogP contribution is 2.37. The molecule has 0 spiro atoms. The van der Waals surface area contributed by atoms with Crippen molar-refractivity contribution in [2.24, 2.45) is 0 Å². The predicted octanol–water partition coefficient (Wildman–Crippen LogP) is 5.08. The van der Waals surface area contributed by atoms with Gasteiger partial charge in [-0.15, -0.1) is 11.3 Å². The lowest BCUT2D eigenvalue weighted by Gasteiger charge is -2.24. The van der Waals surface area contributed by atoms with Gasteiger partial charge in [0.1, 0.15) is 5.60 Å². The minimum atomic E-state index is -0.536. The molecular weight excluding hydrogens is 383 g/mol. The number of amides is 1. The zero-order valence-corrected chi connectivity index (χ0v) is 15.8. The van der Waals surface area contributed by atoms with Crippen molar-refractivity contribution in [3.05, 3.63) is 39.0 Å². The number of hydrogen-bond donors (Lipinski definition) is 0. The van der Waals surface area contributed by atoms with E-state index in [1.165, 1.54) is 22.4 Å². The van der Waals surface area contributed by atoms with E-state index in [-0.39, 0.29) is 0 Å². The average molecular weight is 401 g/mol. The molecule has 23 heavy (non-hydrogen) atoms. The Morgan fingerprint density at radius 1 is 1.43 bits per heavy atom. The van der Waals surface area contributed by atoms with Gasteiger partial charge in [-0.1, -0.05) is 0 Å². The zero-order valence-electron chi connectivity index (χ0n) is 13.4.